The maximum absolute atomic E-state index is 11.6. The second-order valence-corrected chi connectivity index (χ2v) is 5.21. The highest BCUT2D eigenvalue weighted by Crippen LogP contribution is 2.31. The average Bonchev–Trinajstić information content (AvgIpc) is 2.65. The maximum atomic E-state index is 11.6. The van der Waals surface area contributed by atoms with Gasteiger partial charge in [0.1, 0.15) is 0 Å². The summed E-state index contributed by atoms with van der Waals surface area (Å²) in [5.74, 6) is -0.869. The maximum Gasteiger partial charge on any atom is 0.338 e. The molecule has 2 rings (SSSR count). The van der Waals surface area contributed by atoms with Crippen LogP contribution in [0.3, 0.4) is 0 Å². The number of nitrogens with two attached hydrogens (primary N) is 1. The van der Waals surface area contributed by atoms with Gasteiger partial charge in [-0.15, -0.1) is 0 Å². The minimum atomic E-state index is -0.869. The molecule has 0 saturated carbocycles. The topological polar surface area (TPSA) is 68.2 Å². The molecule has 2 aromatic rings. The van der Waals surface area contributed by atoms with Crippen LogP contribution in [-0.4, -0.2) is 22.2 Å². The van der Waals surface area contributed by atoms with E-state index >= 15 is 0 Å². The summed E-state index contributed by atoms with van der Waals surface area (Å²) < 4.78 is 2.07. The van der Waals surface area contributed by atoms with Crippen molar-refractivity contribution in [3.63, 3.8) is 0 Å². The van der Waals surface area contributed by atoms with Gasteiger partial charge in [0.15, 0.2) is 0 Å². The van der Waals surface area contributed by atoms with E-state index in [2.05, 4.69) is 18.4 Å². The molecule has 0 fully saturated rings. The Labute approximate surface area is 119 Å². The van der Waals surface area contributed by atoms with Crippen molar-refractivity contribution in [2.24, 2.45) is 5.73 Å². The summed E-state index contributed by atoms with van der Waals surface area (Å²) in [5.41, 5.74) is 10.1. The van der Waals surface area contributed by atoms with Gasteiger partial charge in [-0.1, -0.05) is 25.5 Å². The number of rotatable bonds is 5. The number of benzene rings is 1. The zero-order chi connectivity index (χ0) is 14.9. The quantitative estimate of drug-likeness (QED) is 0.881. The fourth-order valence-corrected chi connectivity index (χ4v) is 2.99. The number of aryl methyl sites for hydroxylation is 2. The van der Waals surface area contributed by atoms with Gasteiger partial charge in [0.2, 0.25) is 0 Å². The lowest BCUT2D eigenvalue weighted by atomic mass is 10.0. The second kappa shape index (κ2) is 5.67. The number of carboxylic acids is 1. The van der Waals surface area contributed by atoms with Crippen LogP contribution in [0.15, 0.2) is 12.1 Å². The van der Waals surface area contributed by atoms with Gasteiger partial charge in [-0.05, 0) is 31.4 Å². The monoisotopic (exact) mass is 274 g/mol. The first-order chi connectivity index (χ1) is 9.52. The minimum Gasteiger partial charge on any atom is -0.478 e. The van der Waals surface area contributed by atoms with Gasteiger partial charge in [-0.3, -0.25) is 0 Å². The molecule has 4 nitrogen and oxygen atoms in total. The van der Waals surface area contributed by atoms with Gasteiger partial charge in [-0.2, -0.15) is 0 Å². The van der Waals surface area contributed by atoms with E-state index in [0.717, 1.165) is 35.0 Å². The van der Waals surface area contributed by atoms with E-state index in [1.807, 2.05) is 19.1 Å². The number of aromatic nitrogens is 1. The first kappa shape index (κ1) is 14.6. The van der Waals surface area contributed by atoms with Crippen molar-refractivity contribution in [1.82, 2.24) is 4.57 Å². The normalized spacial score (nSPS) is 11.2. The van der Waals surface area contributed by atoms with Crippen molar-refractivity contribution in [3.05, 3.63) is 34.5 Å². The fraction of sp³-hybridized carbons (Fsp3) is 0.438. The molecule has 1 aromatic heterocycles. The van der Waals surface area contributed by atoms with Crippen molar-refractivity contribution < 1.29 is 9.90 Å². The first-order valence-corrected chi connectivity index (χ1v) is 7.07. The molecule has 0 bridgehead atoms. The van der Waals surface area contributed by atoms with Crippen molar-refractivity contribution in [1.29, 1.82) is 0 Å². The minimum absolute atomic E-state index is 0.404. The molecule has 3 N–H and O–H groups in total. The third-order valence-electron chi connectivity index (χ3n) is 3.89. The zero-order valence-corrected chi connectivity index (χ0v) is 12.4. The van der Waals surface area contributed by atoms with Crippen molar-refractivity contribution in [2.45, 2.75) is 40.2 Å². The molecule has 1 heterocycles. The van der Waals surface area contributed by atoms with Crippen LogP contribution < -0.4 is 5.73 Å². The van der Waals surface area contributed by atoms with Crippen LogP contribution in [0.4, 0.5) is 0 Å². The van der Waals surface area contributed by atoms with Crippen LogP contribution in [0.5, 0.6) is 0 Å². The number of nitrogens with zero attached hydrogens (tertiary/aromatic N) is 1. The molecule has 0 aliphatic rings. The molecule has 0 unspecified atom stereocenters. The van der Waals surface area contributed by atoms with E-state index < -0.39 is 5.97 Å². The Morgan fingerprint density at radius 3 is 2.60 bits per heavy atom. The largest absolute Gasteiger partial charge is 0.478 e. The summed E-state index contributed by atoms with van der Waals surface area (Å²) in [6.45, 7) is 7.19. The molecule has 0 amide bonds. The second-order valence-electron chi connectivity index (χ2n) is 5.21. The predicted molar refractivity (Wildman–Crippen MR) is 81.4 cm³/mol. The van der Waals surface area contributed by atoms with Crippen molar-refractivity contribution in [2.75, 3.05) is 6.54 Å². The Morgan fingerprint density at radius 2 is 2.05 bits per heavy atom. The number of aromatic carboxylic acids is 1. The smallest absolute Gasteiger partial charge is 0.338 e. The summed E-state index contributed by atoms with van der Waals surface area (Å²) >= 11 is 0. The number of carbonyl (C=O) groups is 1. The highest BCUT2D eigenvalue weighted by Gasteiger charge is 2.20. The summed E-state index contributed by atoms with van der Waals surface area (Å²) in [5, 5.41) is 10.6. The first-order valence-electron chi connectivity index (χ1n) is 7.07. The molecule has 0 radical (unpaired) electrons. The van der Waals surface area contributed by atoms with E-state index in [0.29, 0.717) is 18.7 Å². The van der Waals surface area contributed by atoms with Gasteiger partial charge < -0.3 is 15.4 Å². The number of carboxylic acid groups (broad SMARTS) is 1. The lowest BCUT2D eigenvalue weighted by molar-refractivity contribution is 0.0698. The van der Waals surface area contributed by atoms with Gasteiger partial charge in [0, 0.05) is 24.2 Å². The van der Waals surface area contributed by atoms with Gasteiger partial charge in [0.25, 0.3) is 0 Å². The SMILES string of the molecule is CCCc1c(C)n(CCN)c2c(C(=O)O)c(C)ccc12. The molecular formula is C16H22N2O2. The molecule has 4 heteroatoms. The Morgan fingerprint density at radius 1 is 1.35 bits per heavy atom. The van der Waals surface area contributed by atoms with Crippen molar-refractivity contribution >= 4 is 16.9 Å². The molecule has 20 heavy (non-hydrogen) atoms. The summed E-state index contributed by atoms with van der Waals surface area (Å²) in [6, 6.07) is 3.94. The van der Waals surface area contributed by atoms with Crippen LogP contribution in [0.25, 0.3) is 10.9 Å². The molecular weight excluding hydrogens is 252 g/mol. The molecule has 1 aromatic carbocycles. The summed E-state index contributed by atoms with van der Waals surface area (Å²) in [6.07, 6.45) is 2.00. The lowest BCUT2D eigenvalue weighted by Crippen LogP contribution is -2.13. The molecule has 108 valence electrons. The van der Waals surface area contributed by atoms with Crippen LogP contribution in [-0.2, 0) is 13.0 Å². The van der Waals surface area contributed by atoms with E-state index in [-0.39, 0.29) is 0 Å². The third-order valence-corrected chi connectivity index (χ3v) is 3.89. The van der Waals surface area contributed by atoms with E-state index in [9.17, 15) is 9.90 Å². The van der Waals surface area contributed by atoms with E-state index in [4.69, 9.17) is 5.73 Å². The highest BCUT2D eigenvalue weighted by atomic mass is 16.4. The Hall–Kier alpha value is -1.81. The molecule has 0 saturated heterocycles. The van der Waals surface area contributed by atoms with Crippen LogP contribution in [0.1, 0.15) is 40.5 Å². The Bertz CT molecular complexity index is 656. The summed E-state index contributed by atoms with van der Waals surface area (Å²) in [4.78, 5) is 11.6. The highest BCUT2D eigenvalue weighted by molar-refractivity contribution is 6.05. The Kier molecular flexibility index (Phi) is 4.14. The number of hydrogen-bond acceptors (Lipinski definition) is 2. The lowest BCUT2D eigenvalue weighted by Gasteiger charge is -2.10. The molecule has 0 aliphatic heterocycles. The van der Waals surface area contributed by atoms with E-state index in [1.54, 1.807) is 0 Å². The number of hydrogen-bond donors (Lipinski definition) is 2. The fourth-order valence-electron chi connectivity index (χ4n) is 2.99. The van der Waals surface area contributed by atoms with Crippen LogP contribution in [0, 0.1) is 13.8 Å². The summed E-state index contributed by atoms with van der Waals surface area (Å²) in [7, 11) is 0. The number of fused-ring (bicyclic) bond motifs is 1. The zero-order valence-electron chi connectivity index (χ0n) is 12.4. The predicted octanol–water partition coefficient (Wildman–Crippen LogP) is 2.87. The van der Waals surface area contributed by atoms with Crippen LogP contribution in [0.2, 0.25) is 0 Å². The molecule has 0 spiro atoms. The van der Waals surface area contributed by atoms with Crippen molar-refractivity contribution in [3.8, 4) is 0 Å². The van der Waals surface area contributed by atoms with Gasteiger partial charge in [-0.25, -0.2) is 4.79 Å². The van der Waals surface area contributed by atoms with E-state index in [1.165, 1.54) is 5.56 Å². The molecule has 0 aliphatic carbocycles. The van der Waals surface area contributed by atoms with Crippen LogP contribution >= 0.6 is 0 Å². The third kappa shape index (κ3) is 2.20. The Balaban J connectivity index is 2.89. The molecule has 0 atom stereocenters. The standard InChI is InChI=1S/C16H22N2O2/c1-4-5-12-11(3)18(9-8-17)15-13(12)7-6-10(2)14(15)16(19)20/h6-7H,4-5,8-9,17H2,1-3H3,(H,19,20). The average molecular weight is 274 g/mol. The van der Waals surface area contributed by atoms with Gasteiger partial charge >= 0.3 is 5.97 Å². The van der Waals surface area contributed by atoms with Gasteiger partial charge in [0.05, 0.1) is 11.1 Å².